The average Bonchev–Trinajstić information content (AvgIpc) is 3.22. The van der Waals surface area contributed by atoms with Gasteiger partial charge < -0.3 is 14.7 Å². The summed E-state index contributed by atoms with van der Waals surface area (Å²) >= 11 is 0. The molecule has 1 aromatic carbocycles. The van der Waals surface area contributed by atoms with Crippen molar-refractivity contribution in [3.8, 4) is 5.75 Å². The lowest BCUT2D eigenvalue weighted by molar-refractivity contribution is -0.133. The Morgan fingerprint density at radius 3 is 2.75 bits per heavy atom. The van der Waals surface area contributed by atoms with Crippen LogP contribution in [0.5, 0.6) is 5.75 Å². The first-order valence-electron chi connectivity index (χ1n) is 7.23. The van der Waals surface area contributed by atoms with Gasteiger partial charge in [0.1, 0.15) is 5.75 Å². The summed E-state index contributed by atoms with van der Waals surface area (Å²) in [7, 11) is 0. The minimum atomic E-state index is -0.606. The predicted molar refractivity (Wildman–Crippen MR) is 77.7 cm³/mol. The van der Waals surface area contributed by atoms with Crippen molar-refractivity contribution in [2.24, 2.45) is 0 Å². The molecule has 1 aliphatic rings. The van der Waals surface area contributed by atoms with Gasteiger partial charge in [-0.15, -0.1) is 0 Å². The Balaban J connectivity index is 2.01. The van der Waals surface area contributed by atoms with Crippen LogP contribution in [0.25, 0.3) is 0 Å². The summed E-state index contributed by atoms with van der Waals surface area (Å²) in [6.07, 6.45) is 1.59. The highest BCUT2D eigenvalue weighted by Gasteiger charge is 2.31. The second-order valence-corrected chi connectivity index (χ2v) is 5.42. The number of aliphatic hydroxyl groups excluding tert-OH is 1. The van der Waals surface area contributed by atoms with Gasteiger partial charge in [0, 0.05) is 18.2 Å². The summed E-state index contributed by atoms with van der Waals surface area (Å²) in [5.41, 5.74) is 1.79. The second kappa shape index (κ2) is 6.27. The molecule has 0 bridgehead atoms. The molecule has 110 valence electrons. The number of amides is 1. The highest BCUT2D eigenvalue weighted by atomic mass is 16.5. The Kier molecular flexibility index (Phi) is 4.65. The summed E-state index contributed by atoms with van der Waals surface area (Å²) in [6, 6.07) is 6.04. The predicted octanol–water partition coefficient (Wildman–Crippen LogP) is 2.44. The molecule has 1 N–H and O–H groups in total. The minimum Gasteiger partial charge on any atom is -0.483 e. The van der Waals surface area contributed by atoms with Crippen LogP contribution in [0.15, 0.2) is 18.2 Å². The van der Waals surface area contributed by atoms with Crippen LogP contribution in [-0.4, -0.2) is 35.1 Å². The van der Waals surface area contributed by atoms with Crippen molar-refractivity contribution in [1.29, 1.82) is 0 Å². The first-order chi connectivity index (χ1) is 9.52. The second-order valence-electron chi connectivity index (χ2n) is 5.42. The molecule has 0 aliphatic heterocycles. The number of nitrogens with zero attached hydrogens (tertiary/aromatic N) is 1. The van der Waals surface area contributed by atoms with E-state index < -0.39 is 6.10 Å². The SMILES string of the molecule is CCN(C(=O)COc1ccc(C)cc1C(C)O)C1CC1. The van der Waals surface area contributed by atoms with Gasteiger partial charge in [-0.3, -0.25) is 4.79 Å². The Morgan fingerprint density at radius 2 is 2.20 bits per heavy atom. The van der Waals surface area contributed by atoms with E-state index in [1.165, 1.54) is 0 Å². The highest BCUT2D eigenvalue weighted by Crippen LogP contribution is 2.28. The van der Waals surface area contributed by atoms with Crippen molar-refractivity contribution < 1.29 is 14.6 Å². The van der Waals surface area contributed by atoms with Crippen molar-refractivity contribution >= 4 is 5.91 Å². The van der Waals surface area contributed by atoms with Crippen molar-refractivity contribution in [2.75, 3.05) is 13.2 Å². The number of aryl methyl sites for hydroxylation is 1. The Morgan fingerprint density at radius 1 is 1.50 bits per heavy atom. The molecule has 1 aliphatic carbocycles. The number of carbonyl (C=O) groups excluding carboxylic acids is 1. The third-order valence-electron chi connectivity index (χ3n) is 3.62. The maximum atomic E-state index is 12.1. The van der Waals surface area contributed by atoms with Crippen LogP contribution in [0.1, 0.15) is 43.9 Å². The molecule has 4 nitrogen and oxygen atoms in total. The van der Waals surface area contributed by atoms with Gasteiger partial charge in [-0.05, 0) is 45.7 Å². The topological polar surface area (TPSA) is 49.8 Å². The third-order valence-corrected chi connectivity index (χ3v) is 3.62. The summed E-state index contributed by atoms with van der Waals surface area (Å²) in [5.74, 6) is 0.609. The zero-order chi connectivity index (χ0) is 14.7. The van der Waals surface area contributed by atoms with Crippen molar-refractivity contribution in [1.82, 2.24) is 4.90 Å². The van der Waals surface area contributed by atoms with E-state index in [1.54, 1.807) is 6.92 Å². The molecule has 0 radical (unpaired) electrons. The molecule has 4 heteroatoms. The molecule has 0 saturated heterocycles. The summed E-state index contributed by atoms with van der Waals surface area (Å²) < 4.78 is 5.62. The molecule has 1 saturated carbocycles. The normalized spacial score (nSPS) is 15.8. The number of carbonyl (C=O) groups is 1. The molecule has 2 rings (SSSR count). The van der Waals surface area contributed by atoms with Crippen LogP contribution >= 0.6 is 0 Å². The van der Waals surface area contributed by atoms with Crippen molar-refractivity contribution in [3.63, 3.8) is 0 Å². The lowest BCUT2D eigenvalue weighted by atomic mass is 10.1. The van der Waals surface area contributed by atoms with Crippen LogP contribution in [-0.2, 0) is 4.79 Å². The zero-order valence-corrected chi connectivity index (χ0v) is 12.4. The van der Waals surface area contributed by atoms with Gasteiger partial charge in [0.05, 0.1) is 6.10 Å². The third kappa shape index (κ3) is 3.51. The van der Waals surface area contributed by atoms with Crippen LogP contribution in [0.3, 0.4) is 0 Å². The first kappa shape index (κ1) is 14.9. The van der Waals surface area contributed by atoms with Crippen LogP contribution in [0, 0.1) is 6.92 Å². The quantitative estimate of drug-likeness (QED) is 0.869. The van der Waals surface area contributed by atoms with E-state index in [0.29, 0.717) is 11.8 Å². The largest absolute Gasteiger partial charge is 0.483 e. The first-order valence-corrected chi connectivity index (χ1v) is 7.23. The molecule has 1 amide bonds. The van der Waals surface area contributed by atoms with Crippen molar-refractivity contribution in [2.45, 2.75) is 45.8 Å². The Hall–Kier alpha value is -1.55. The Labute approximate surface area is 120 Å². The molecule has 20 heavy (non-hydrogen) atoms. The van der Waals surface area contributed by atoms with Gasteiger partial charge in [-0.1, -0.05) is 11.6 Å². The van der Waals surface area contributed by atoms with Crippen molar-refractivity contribution in [3.05, 3.63) is 29.3 Å². The number of rotatable bonds is 6. The maximum Gasteiger partial charge on any atom is 0.260 e. The highest BCUT2D eigenvalue weighted by molar-refractivity contribution is 5.78. The fraction of sp³-hybridized carbons (Fsp3) is 0.562. The van der Waals surface area contributed by atoms with E-state index in [-0.39, 0.29) is 12.5 Å². The zero-order valence-electron chi connectivity index (χ0n) is 12.4. The molecule has 1 unspecified atom stereocenters. The molecular formula is C16H23NO3. The van der Waals surface area contributed by atoms with E-state index in [0.717, 1.165) is 30.5 Å². The molecule has 1 aromatic rings. The van der Waals surface area contributed by atoms with E-state index in [9.17, 15) is 9.90 Å². The average molecular weight is 277 g/mol. The van der Waals surface area contributed by atoms with Gasteiger partial charge in [0.2, 0.25) is 0 Å². The molecule has 1 atom stereocenters. The molecule has 0 heterocycles. The van der Waals surface area contributed by atoms with E-state index in [2.05, 4.69) is 0 Å². The molecule has 1 fully saturated rings. The number of ether oxygens (including phenoxy) is 1. The smallest absolute Gasteiger partial charge is 0.260 e. The van der Waals surface area contributed by atoms with Crippen LogP contribution in [0.2, 0.25) is 0 Å². The van der Waals surface area contributed by atoms with E-state index in [1.807, 2.05) is 36.9 Å². The van der Waals surface area contributed by atoms with Gasteiger partial charge in [-0.25, -0.2) is 0 Å². The van der Waals surface area contributed by atoms with Gasteiger partial charge in [0.25, 0.3) is 5.91 Å². The summed E-state index contributed by atoms with van der Waals surface area (Å²) in [5, 5.41) is 9.77. The van der Waals surface area contributed by atoms with Gasteiger partial charge in [0.15, 0.2) is 6.61 Å². The Bertz CT molecular complexity index is 481. The number of aliphatic hydroxyl groups is 1. The van der Waals surface area contributed by atoms with Crippen LogP contribution < -0.4 is 4.74 Å². The lowest BCUT2D eigenvalue weighted by Crippen LogP contribution is -2.36. The van der Waals surface area contributed by atoms with Crippen LogP contribution in [0.4, 0.5) is 0 Å². The standard InChI is InChI=1S/C16H23NO3/c1-4-17(13-6-7-13)16(19)10-20-15-8-5-11(2)9-14(15)12(3)18/h5,8-9,12-13,18H,4,6-7,10H2,1-3H3. The monoisotopic (exact) mass is 277 g/mol. The molecule has 0 spiro atoms. The molecular weight excluding hydrogens is 254 g/mol. The molecule has 0 aromatic heterocycles. The fourth-order valence-corrected chi connectivity index (χ4v) is 2.37. The summed E-state index contributed by atoms with van der Waals surface area (Å²) in [6.45, 7) is 6.42. The maximum absolute atomic E-state index is 12.1. The lowest BCUT2D eigenvalue weighted by Gasteiger charge is -2.21. The number of benzene rings is 1. The van der Waals surface area contributed by atoms with Gasteiger partial charge >= 0.3 is 0 Å². The van der Waals surface area contributed by atoms with Gasteiger partial charge in [-0.2, -0.15) is 0 Å². The number of likely N-dealkylation sites (N-methyl/N-ethyl adjacent to an activating group) is 1. The summed E-state index contributed by atoms with van der Waals surface area (Å²) in [4.78, 5) is 14.0. The minimum absolute atomic E-state index is 0.0205. The van der Waals surface area contributed by atoms with E-state index >= 15 is 0 Å². The number of hydrogen-bond acceptors (Lipinski definition) is 3. The van der Waals surface area contributed by atoms with E-state index in [4.69, 9.17) is 4.74 Å². The fourth-order valence-electron chi connectivity index (χ4n) is 2.37. The number of hydrogen-bond donors (Lipinski definition) is 1.